The van der Waals surface area contributed by atoms with Crippen molar-refractivity contribution in [3.05, 3.63) is 111 Å². The molecule has 0 radical (unpaired) electrons. The summed E-state index contributed by atoms with van der Waals surface area (Å²) in [5.41, 5.74) is 7.79. The first-order valence-corrected chi connectivity index (χ1v) is 13.4. The highest BCUT2D eigenvalue weighted by Gasteiger charge is 2.35. The summed E-state index contributed by atoms with van der Waals surface area (Å²) < 4.78 is 27.7. The summed E-state index contributed by atoms with van der Waals surface area (Å²) in [7, 11) is 0. The van der Waals surface area contributed by atoms with Crippen LogP contribution in [0.5, 0.6) is 5.75 Å². The number of benzene rings is 3. The van der Waals surface area contributed by atoms with E-state index in [-0.39, 0.29) is 11.7 Å². The molecule has 7 rings (SSSR count). The number of ether oxygens (including phenoxy) is 1. The van der Waals surface area contributed by atoms with Gasteiger partial charge < -0.3 is 9.30 Å². The SMILES string of the molecule is CCCc1nc2ccccc2n1Cc1ccc2c(c1)COc1cc(F)ccc1/C2=C(/c1noc(=O)[nH]1)C1CC1. The van der Waals surface area contributed by atoms with Gasteiger partial charge in [-0.05, 0) is 72.2 Å². The van der Waals surface area contributed by atoms with Gasteiger partial charge in [0.05, 0.1) is 11.0 Å². The van der Waals surface area contributed by atoms with Gasteiger partial charge in [0.2, 0.25) is 0 Å². The molecule has 1 fully saturated rings. The monoisotopic (exact) mass is 522 g/mol. The Morgan fingerprint density at radius 1 is 1.10 bits per heavy atom. The van der Waals surface area contributed by atoms with Crippen LogP contribution in [-0.2, 0) is 19.6 Å². The molecule has 7 nitrogen and oxygen atoms in total. The van der Waals surface area contributed by atoms with Crippen molar-refractivity contribution in [3.8, 4) is 5.75 Å². The molecule has 0 amide bonds. The molecule has 0 spiro atoms. The van der Waals surface area contributed by atoms with Gasteiger partial charge in [-0.25, -0.2) is 14.2 Å². The molecule has 0 atom stereocenters. The Morgan fingerprint density at radius 3 is 2.74 bits per heavy atom. The fraction of sp³-hybridized carbons (Fsp3) is 0.258. The molecule has 0 saturated heterocycles. The van der Waals surface area contributed by atoms with Gasteiger partial charge in [0.1, 0.15) is 24.0 Å². The van der Waals surface area contributed by atoms with Gasteiger partial charge >= 0.3 is 5.76 Å². The maximum absolute atomic E-state index is 14.3. The Kier molecular flexibility index (Phi) is 5.68. The van der Waals surface area contributed by atoms with E-state index in [0.29, 0.717) is 24.7 Å². The largest absolute Gasteiger partial charge is 0.488 e. The highest BCUT2D eigenvalue weighted by atomic mass is 19.1. The molecule has 2 aromatic heterocycles. The normalized spacial score (nSPS) is 15.9. The minimum absolute atomic E-state index is 0.221. The zero-order valence-corrected chi connectivity index (χ0v) is 21.5. The number of aryl methyl sites for hydroxylation is 1. The van der Waals surface area contributed by atoms with Crippen LogP contribution in [0.2, 0.25) is 0 Å². The summed E-state index contributed by atoms with van der Waals surface area (Å²) >= 11 is 0. The number of halogens is 1. The lowest BCUT2D eigenvalue weighted by Crippen LogP contribution is -2.07. The first-order chi connectivity index (χ1) is 19.1. The average molecular weight is 523 g/mol. The lowest BCUT2D eigenvalue weighted by molar-refractivity contribution is 0.305. The van der Waals surface area contributed by atoms with Crippen LogP contribution >= 0.6 is 0 Å². The number of hydrogen-bond donors (Lipinski definition) is 1. The molecular weight excluding hydrogens is 495 g/mol. The van der Waals surface area contributed by atoms with Gasteiger partial charge in [-0.1, -0.05) is 36.3 Å². The van der Waals surface area contributed by atoms with Crippen molar-refractivity contribution in [2.75, 3.05) is 0 Å². The van der Waals surface area contributed by atoms with Crippen molar-refractivity contribution in [1.82, 2.24) is 19.7 Å². The van der Waals surface area contributed by atoms with Gasteiger partial charge in [0.15, 0.2) is 5.82 Å². The summed E-state index contributed by atoms with van der Waals surface area (Å²) in [5, 5.41) is 4.04. The first-order valence-electron chi connectivity index (χ1n) is 13.4. The molecule has 3 heterocycles. The van der Waals surface area contributed by atoms with Crippen molar-refractivity contribution in [1.29, 1.82) is 0 Å². The van der Waals surface area contributed by atoms with Crippen LogP contribution < -0.4 is 10.5 Å². The Balaban J connectivity index is 1.39. The second-order valence-electron chi connectivity index (χ2n) is 10.3. The van der Waals surface area contributed by atoms with E-state index in [1.807, 2.05) is 12.1 Å². The van der Waals surface area contributed by atoms with Crippen molar-refractivity contribution < 1.29 is 13.7 Å². The summed E-state index contributed by atoms with van der Waals surface area (Å²) in [6.45, 7) is 3.14. The number of allylic oxidation sites excluding steroid dienone is 1. The van der Waals surface area contributed by atoms with Crippen molar-refractivity contribution >= 4 is 22.2 Å². The van der Waals surface area contributed by atoms with Gasteiger partial charge in [-0.15, -0.1) is 0 Å². The highest BCUT2D eigenvalue weighted by molar-refractivity contribution is 6.01. The van der Waals surface area contributed by atoms with E-state index in [0.717, 1.165) is 75.9 Å². The van der Waals surface area contributed by atoms with Crippen LogP contribution in [0.4, 0.5) is 4.39 Å². The Morgan fingerprint density at radius 2 is 1.95 bits per heavy atom. The summed E-state index contributed by atoms with van der Waals surface area (Å²) in [4.78, 5) is 19.5. The van der Waals surface area contributed by atoms with Gasteiger partial charge in [0, 0.05) is 35.7 Å². The zero-order valence-electron chi connectivity index (χ0n) is 21.5. The van der Waals surface area contributed by atoms with Crippen LogP contribution in [0.15, 0.2) is 70.0 Å². The molecule has 0 unspecified atom stereocenters. The average Bonchev–Trinajstić information content (AvgIpc) is 3.63. The zero-order chi connectivity index (χ0) is 26.5. The number of aromatic nitrogens is 4. The number of fused-ring (bicyclic) bond motifs is 3. The smallest absolute Gasteiger partial charge is 0.439 e. The minimum atomic E-state index is -0.598. The maximum Gasteiger partial charge on any atom is 0.439 e. The van der Waals surface area contributed by atoms with E-state index in [2.05, 4.69) is 52.0 Å². The van der Waals surface area contributed by atoms with Gasteiger partial charge in [0.25, 0.3) is 0 Å². The number of imidazole rings is 1. The molecule has 39 heavy (non-hydrogen) atoms. The predicted octanol–water partition coefficient (Wildman–Crippen LogP) is 6.11. The number of rotatable bonds is 6. The van der Waals surface area contributed by atoms with Gasteiger partial charge in [-0.3, -0.25) is 9.51 Å². The third-order valence-corrected chi connectivity index (χ3v) is 7.53. The number of H-pyrrole nitrogens is 1. The second-order valence-corrected chi connectivity index (χ2v) is 10.3. The van der Waals surface area contributed by atoms with Crippen molar-refractivity contribution in [2.24, 2.45) is 5.92 Å². The molecule has 1 saturated carbocycles. The number of nitrogens with one attached hydrogen (secondary N) is 1. The van der Waals surface area contributed by atoms with E-state index >= 15 is 0 Å². The molecule has 1 aliphatic heterocycles. The molecule has 5 aromatic rings. The van der Waals surface area contributed by atoms with Crippen LogP contribution in [-0.4, -0.2) is 19.7 Å². The van der Waals surface area contributed by atoms with Crippen LogP contribution in [0.1, 0.15) is 60.1 Å². The second kappa shape index (κ2) is 9.38. The van der Waals surface area contributed by atoms with Crippen LogP contribution in [0, 0.1) is 11.7 Å². The van der Waals surface area contributed by atoms with Gasteiger partial charge in [-0.2, -0.15) is 0 Å². The molecule has 1 aliphatic carbocycles. The number of aromatic amines is 1. The lowest BCUT2D eigenvalue weighted by Gasteiger charge is -2.17. The predicted molar refractivity (Wildman–Crippen MR) is 146 cm³/mol. The number of hydrogen-bond acceptors (Lipinski definition) is 5. The molecule has 0 bridgehead atoms. The third kappa shape index (κ3) is 4.26. The molecule has 8 heteroatoms. The Labute approximate surface area is 223 Å². The molecule has 2 aliphatic rings. The third-order valence-electron chi connectivity index (χ3n) is 7.53. The summed E-state index contributed by atoms with van der Waals surface area (Å²) in [6.07, 6.45) is 3.87. The van der Waals surface area contributed by atoms with E-state index in [9.17, 15) is 9.18 Å². The van der Waals surface area contributed by atoms with E-state index in [1.165, 1.54) is 12.1 Å². The van der Waals surface area contributed by atoms with Crippen LogP contribution in [0.3, 0.4) is 0 Å². The quantitative estimate of drug-likeness (QED) is 0.291. The molecule has 1 N–H and O–H groups in total. The topological polar surface area (TPSA) is 85.9 Å². The fourth-order valence-corrected chi connectivity index (χ4v) is 5.65. The highest BCUT2D eigenvalue weighted by Crippen LogP contribution is 2.49. The molecule has 196 valence electrons. The summed E-state index contributed by atoms with van der Waals surface area (Å²) in [5.74, 6) is 1.21. The Hall–Kier alpha value is -4.46. The van der Waals surface area contributed by atoms with E-state index < -0.39 is 5.76 Å². The maximum atomic E-state index is 14.3. The minimum Gasteiger partial charge on any atom is -0.488 e. The van der Waals surface area contributed by atoms with Crippen molar-refractivity contribution in [3.63, 3.8) is 0 Å². The molecule has 3 aromatic carbocycles. The summed E-state index contributed by atoms with van der Waals surface area (Å²) in [6, 6.07) is 19.2. The molecular formula is C31H27FN4O3. The van der Waals surface area contributed by atoms with Crippen molar-refractivity contribution in [2.45, 2.75) is 45.8 Å². The number of nitrogens with zero attached hydrogens (tertiary/aromatic N) is 3. The fourth-order valence-electron chi connectivity index (χ4n) is 5.65. The first kappa shape index (κ1) is 23.6. The lowest BCUT2D eigenvalue weighted by atomic mass is 9.87. The Bertz CT molecular complexity index is 1810. The number of para-hydroxylation sites is 2. The standard InChI is InChI=1S/C31H27FN4O3/c1-2-5-27-33-24-6-3-4-7-25(24)36(27)16-18-8-12-22-20(14-18)17-38-26-15-21(32)11-13-23(26)29(22)28(19-9-10-19)30-34-31(37)39-35-30/h3-4,6-8,11-15,19H,2,5,9-10,16-17H2,1H3,(H,34,35,37)/b29-28+. The van der Waals surface area contributed by atoms with E-state index in [4.69, 9.17) is 14.2 Å². The van der Waals surface area contributed by atoms with E-state index in [1.54, 1.807) is 6.07 Å². The van der Waals surface area contributed by atoms with Crippen LogP contribution in [0.25, 0.3) is 22.2 Å².